The summed E-state index contributed by atoms with van der Waals surface area (Å²) in [6, 6.07) is 7.09. The number of aliphatic imine (C=N–C) groups is 2. The lowest BCUT2D eigenvalue weighted by molar-refractivity contribution is -0.137. The molecule has 0 saturated carbocycles. The highest BCUT2D eigenvalue weighted by Gasteiger charge is 2.40. The van der Waals surface area contributed by atoms with Gasteiger partial charge in [0.15, 0.2) is 5.84 Å². The standard InChI is InChI=1S/C26H36N6O3S/c1-16(2)32-25(27-17(3)29-32)26-28-24-20-5-4-18(12-21(20)35-9-6-22(24)36-26)19-13-30(14-19)15-23(33)31-7-10-34-11-8-31/h4-5,12,16-17,19,22,24,29H,6-11,13-15H2,1-3H3. The first-order valence-corrected chi connectivity index (χ1v) is 14.1. The number of likely N-dealkylation sites (tertiary alicyclic amines) is 1. The number of benzene rings is 1. The molecule has 0 bridgehead atoms. The number of hydrogen-bond donors (Lipinski definition) is 1. The molecule has 5 aliphatic heterocycles. The molecule has 194 valence electrons. The number of fused-ring (bicyclic) bond motifs is 3. The number of carbonyl (C=O) groups excluding carboxylic acids is 1. The van der Waals surface area contributed by atoms with Gasteiger partial charge in [-0.05, 0) is 38.8 Å². The van der Waals surface area contributed by atoms with Gasteiger partial charge in [-0.1, -0.05) is 23.9 Å². The van der Waals surface area contributed by atoms with Gasteiger partial charge in [-0.25, -0.2) is 10.4 Å². The zero-order chi connectivity index (χ0) is 24.8. The molecule has 3 atom stereocenters. The third-order valence-corrected chi connectivity index (χ3v) is 8.92. The summed E-state index contributed by atoms with van der Waals surface area (Å²) in [6.07, 6.45) is 1.03. The maximum atomic E-state index is 12.6. The van der Waals surface area contributed by atoms with Gasteiger partial charge >= 0.3 is 0 Å². The Kier molecular flexibility index (Phi) is 6.70. The molecule has 0 aliphatic carbocycles. The molecule has 1 aromatic carbocycles. The Morgan fingerprint density at radius 3 is 2.78 bits per heavy atom. The molecule has 1 amide bonds. The lowest BCUT2D eigenvalue weighted by atomic mass is 9.89. The van der Waals surface area contributed by atoms with Crippen LogP contribution in [-0.4, -0.2) is 102 Å². The van der Waals surface area contributed by atoms with E-state index in [1.807, 2.05) is 16.7 Å². The van der Waals surface area contributed by atoms with Crippen molar-refractivity contribution in [3.63, 3.8) is 0 Å². The van der Waals surface area contributed by atoms with Gasteiger partial charge in [0.25, 0.3) is 0 Å². The van der Waals surface area contributed by atoms with E-state index < -0.39 is 0 Å². The highest BCUT2D eigenvalue weighted by atomic mass is 32.2. The molecule has 1 N–H and O–H groups in total. The van der Waals surface area contributed by atoms with Crippen LogP contribution in [-0.2, 0) is 9.53 Å². The van der Waals surface area contributed by atoms with Crippen molar-refractivity contribution in [1.82, 2.24) is 20.2 Å². The number of nitrogens with zero attached hydrogens (tertiary/aromatic N) is 5. The van der Waals surface area contributed by atoms with E-state index in [4.69, 9.17) is 19.5 Å². The third kappa shape index (κ3) is 4.64. The van der Waals surface area contributed by atoms with Crippen LogP contribution in [0.25, 0.3) is 0 Å². The summed E-state index contributed by atoms with van der Waals surface area (Å²) >= 11 is 1.84. The van der Waals surface area contributed by atoms with E-state index in [1.54, 1.807) is 0 Å². The number of amidine groups is 1. The number of amides is 1. The largest absolute Gasteiger partial charge is 0.493 e. The summed E-state index contributed by atoms with van der Waals surface area (Å²) in [5, 5.41) is 3.55. The Labute approximate surface area is 217 Å². The second-order valence-electron chi connectivity index (χ2n) is 10.6. The van der Waals surface area contributed by atoms with E-state index in [0.717, 1.165) is 36.1 Å². The monoisotopic (exact) mass is 512 g/mol. The summed E-state index contributed by atoms with van der Waals surface area (Å²) in [4.78, 5) is 26.7. The number of rotatable bonds is 5. The Bertz CT molecular complexity index is 1070. The van der Waals surface area contributed by atoms with Gasteiger partial charge in [-0.2, -0.15) is 0 Å². The van der Waals surface area contributed by atoms with Crippen LogP contribution < -0.4 is 10.2 Å². The van der Waals surface area contributed by atoms with Gasteiger partial charge in [-0.3, -0.25) is 19.7 Å². The summed E-state index contributed by atoms with van der Waals surface area (Å²) in [7, 11) is 0. The van der Waals surface area contributed by atoms with Gasteiger partial charge in [0.1, 0.15) is 17.0 Å². The van der Waals surface area contributed by atoms with Crippen LogP contribution in [0.4, 0.5) is 0 Å². The van der Waals surface area contributed by atoms with Crippen molar-refractivity contribution < 1.29 is 14.3 Å². The van der Waals surface area contributed by atoms with E-state index in [1.165, 1.54) is 11.1 Å². The van der Waals surface area contributed by atoms with Crippen molar-refractivity contribution in [2.75, 3.05) is 52.5 Å². The SMILES string of the molecule is CC1N=C(C2=NC3c4ccc(C5CN(CC(=O)N6CCOCC6)C5)cc4OCCC3S2)N(C(C)C)N1. The van der Waals surface area contributed by atoms with E-state index in [2.05, 4.69) is 54.3 Å². The highest BCUT2D eigenvalue weighted by molar-refractivity contribution is 8.16. The van der Waals surface area contributed by atoms with E-state index in [-0.39, 0.29) is 18.1 Å². The van der Waals surface area contributed by atoms with Crippen molar-refractivity contribution >= 4 is 28.5 Å². The topological polar surface area (TPSA) is 82.0 Å². The summed E-state index contributed by atoms with van der Waals surface area (Å²) in [6.45, 7) is 12.2. The van der Waals surface area contributed by atoms with Gasteiger partial charge in [0.05, 0.1) is 32.4 Å². The molecule has 6 rings (SSSR count). The van der Waals surface area contributed by atoms with Crippen molar-refractivity contribution in [2.24, 2.45) is 9.98 Å². The normalized spacial score (nSPS) is 28.7. The molecule has 5 heterocycles. The summed E-state index contributed by atoms with van der Waals surface area (Å²) < 4.78 is 11.6. The molecule has 3 unspecified atom stereocenters. The number of morpholine rings is 1. The van der Waals surface area contributed by atoms with E-state index >= 15 is 0 Å². The number of nitrogens with one attached hydrogen (secondary N) is 1. The first-order valence-electron chi connectivity index (χ1n) is 13.2. The lowest BCUT2D eigenvalue weighted by Gasteiger charge is -2.40. The predicted octanol–water partition coefficient (Wildman–Crippen LogP) is 2.26. The maximum Gasteiger partial charge on any atom is 0.236 e. The minimum Gasteiger partial charge on any atom is -0.493 e. The third-order valence-electron chi connectivity index (χ3n) is 7.62. The molecule has 36 heavy (non-hydrogen) atoms. The fourth-order valence-corrected chi connectivity index (χ4v) is 6.87. The Morgan fingerprint density at radius 1 is 1.19 bits per heavy atom. The van der Waals surface area contributed by atoms with Crippen LogP contribution in [0.15, 0.2) is 28.2 Å². The molecule has 9 nitrogen and oxygen atoms in total. The van der Waals surface area contributed by atoms with Crippen molar-refractivity contribution in [3.8, 4) is 5.75 Å². The molecule has 2 fully saturated rings. The minimum absolute atomic E-state index is 0.0699. The van der Waals surface area contributed by atoms with E-state index in [0.29, 0.717) is 56.7 Å². The maximum absolute atomic E-state index is 12.6. The molecular weight excluding hydrogens is 476 g/mol. The molecule has 0 radical (unpaired) electrons. The zero-order valence-corrected chi connectivity index (χ0v) is 22.2. The highest BCUT2D eigenvalue weighted by Crippen LogP contribution is 2.46. The second-order valence-corrected chi connectivity index (χ2v) is 11.8. The molecule has 5 aliphatic rings. The van der Waals surface area contributed by atoms with Gasteiger partial charge < -0.3 is 14.4 Å². The predicted molar refractivity (Wildman–Crippen MR) is 142 cm³/mol. The first kappa shape index (κ1) is 24.2. The Balaban J connectivity index is 1.13. The Hall–Kier alpha value is -2.14. The molecule has 1 aromatic rings. The first-order chi connectivity index (χ1) is 17.5. The van der Waals surface area contributed by atoms with Crippen LogP contribution in [0, 0.1) is 0 Å². The van der Waals surface area contributed by atoms with Gasteiger partial charge in [0, 0.05) is 49.0 Å². The average Bonchev–Trinajstić information content (AvgIpc) is 3.41. The van der Waals surface area contributed by atoms with Crippen LogP contribution in [0.5, 0.6) is 5.75 Å². The van der Waals surface area contributed by atoms with Crippen LogP contribution in [0.3, 0.4) is 0 Å². The summed E-state index contributed by atoms with van der Waals surface area (Å²) in [5.41, 5.74) is 5.91. The fourth-order valence-electron chi connectivity index (χ4n) is 5.61. The number of carbonyl (C=O) groups is 1. The molecular formula is C26H36N6O3S. The lowest BCUT2D eigenvalue weighted by Crippen LogP contribution is -2.52. The van der Waals surface area contributed by atoms with Crippen LogP contribution >= 0.6 is 11.8 Å². The van der Waals surface area contributed by atoms with Crippen LogP contribution in [0.2, 0.25) is 0 Å². The molecule has 0 aromatic heterocycles. The van der Waals surface area contributed by atoms with Gasteiger partial charge in [-0.15, -0.1) is 0 Å². The zero-order valence-electron chi connectivity index (χ0n) is 21.4. The number of ether oxygens (including phenoxy) is 2. The Morgan fingerprint density at radius 2 is 2.00 bits per heavy atom. The van der Waals surface area contributed by atoms with Crippen molar-refractivity contribution in [1.29, 1.82) is 0 Å². The average molecular weight is 513 g/mol. The fraction of sp³-hybridized carbons (Fsp3) is 0.654. The van der Waals surface area contributed by atoms with Crippen LogP contribution in [0.1, 0.15) is 50.3 Å². The van der Waals surface area contributed by atoms with Crippen molar-refractivity contribution in [2.45, 2.75) is 56.6 Å². The van der Waals surface area contributed by atoms with Gasteiger partial charge in [0.2, 0.25) is 5.91 Å². The number of hydrazine groups is 1. The quantitative estimate of drug-likeness (QED) is 0.648. The molecule has 10 heteroatoms. The number of thioether (sulfide) groups is 1. The van der Waals surface area contributed by atoms with E-state index in [9.17, 15) is 4.79 Å². The van der Waals surface area contributed by atoms with Crippen molar-refractivity contribution in [3.05, 3.63) is 29.3 Å². The smallest absolute Gasteiger partial charge is 0.236 e. The summed E-state index contributed by atoms with van der Waals surface area (Å²) in [5.74, 6) is 2.59. The second kappa shape index (κ2) is 9.96. The molecule has 2 saturated heterocycles. The minimum atomic E-state index is 0.0699. The molecule has 0 spiro atoms. The number of hydrogen-bond acceptors (Lipinski definition) is 9.